The number of rotatable bonds is 6. The molecule has 4 amide bonds. The Morgan fingerprint density at radius 3 is 2.15 bits per heavy atom. The van der Waals surface area contributed by atoms with E-state index in [1.54, 1.807) is 24.3 Å². The van der Waals surface area contributed by atoms with Gasteiger partial charge in [-0.1, -0.05) is 18.7 Å². The van der Waals surface area contributed by atoms with Crippen molar-refractivity contribution in [2.24, 2.45) is 5.92 Å². The first-order valence-corrected chi connectivity index (χ1v) is 10.2. The fourth-order valence-corrected chi connectivity index (χ4v) is 3.76. The van der Waals surface area contributed by atoms with Crippen molar-refractivity contribution in [2.75, 3.05) is 13.2 Å². The number of fused-ring (bicyclic) bond motifs is 1. The maximum Gasteiger partial charge on any atom is 0.376 e. The van der Waals surface area contributed by atoms with E-state index in [1.807, 2.05) is 0 Å². The second-order valence-corrected chi connectivity index (χ2v) is 7.83. The van der Waals surface area contributed by atoms with Crippen LogP contribution >= 0.6 is 0 Å². The first-order valence-electron chi connectivity index (χ1n) is 10.2. The molecule has 4 rings (SSSR count). The molecule has 2 N–H and O–H groups in total. The van der Waals surface area contributed by atoms with Gasteiger partial charge in [0.2, 0.25) is 12.2 Å². The van der Waals surface area contributed by atoms with E-state index in [1.165, 1.54) is 0 Å². The topological polar surface area (TPSA) is 123 Å². The number of halogens is 2. The fraction of sp³-hybridized carbons (Fsp3) is 0.429. The van der Waals surface area contributed by atoms with E-state index in [-0.39, 0.29) is 26.1 Å². The molecule has 0 spiro atoms. The number of hydrazine groups is 1. The van der Waals surface area contributed by atoms with Gasteiger partial charge in [0.05, 0.1) is 36.5 Å². The lowest BCUT2D eigenvalue weighted by Gasteiger charge is -2.35. The zero-order chi connectivity index (χ0) is 23.8. The van der Waals surface area contributed by atoms with Crippen LogP contribution in [0.25, 0.3) is 0 Å². The molecule has 1 aromatic rings. The quantitative estimate of drug-likeness (QED) is 0.361. The van der Waals surface area contributed by atoms with Crippen molar-refractivity contribution in [2.45, 2.75) is 37.4 Å². The second kappa shape index (κ2) is 8.96. The lowest BCUT2D eigenvalue weighted by Crippen LogP contribution is -2.56. The Hall–Kier alpha value is -3.22. The normalized spacial score (nSPS) is 26.9. The molecule has 0 atom stereocenters. The minimum Gasteiger partial charge on any atom is -0.342 e. The molecule has 3 aliphatic rings. The molecule has 1 saturated carbocycles. The summed E-state index contributed by atoms with van der Waals surface area (Å²) in [5.41, 5.74) is 4.93. The minimum atomic E-state index is -3.46. The molecule has 1 aliphatic carbocycles. The fourth-order valence-electron chi connectivity index (χ4n) is 3.76. The molecule has 2 heterocycles. The van der Waals surface area contributed by atoms with E-state index in [2.05, 4.69) is 22.2 Å². The van der Waals surface area contributed by atoms with Crippen molar-refractivity contribution < 1.29 is 42.2 Å². The summed E-state index contributed by atoms with van der Waals surface area (Å²) in [5, 5.41) is 0. The molecular weight excluding hydrogens is 444 g/mol. The van der Waals surface area contributed by atoms with Gasteiger partial charge >= 0.3 is 6.11 Å². The molecule has 176 valence electrons. The first kappa shape index (κ1) is 23.0. The van der Waals surface area contributed by atoms with Crippen molar-refractivity contribution in [3.8, 4) is 0 Å². The van der Waals surface area contributed by atoms with E-state index >= 15 is 0 Å². The molecular formula is C21H21F2N3O7. The van der Waals surface area contributed by atoms with Crippen molar-refractivity contribution in [3.05, 3.63) is 48.0 Å². The number of amides is 4. The summed E-state index contributed by atoms with van der Waals surface area (Å²) in [4.78, 5) is 50.3. The molecule has 1 saturated heterocycles. The summed E-state index contributed by atoms with van der Waals surface area (Å²) < 4.78 is 41.3. The van der Waals surface area contributed by atoms with Gasteiger partial charge in [-0.15, -0.1) is 0 Å². The van der Waals surface area contributed by atoms with Gasteiger partial charge in [0.25, 0.3) is 17.7 Å². The summed E-state index contributed by atoms with van der Waals surface area (Å²) in [5.74, 6) is -2.88. The zero-order valence-corrected chi connectivity index (χ0v) is 17.3. The summed E-state index contributed by atoms with van der Waals surface area (Å²) >= 11 is 0. The van der Waals surface area contributed by atoms with E-state index in [4.69, 9.17) is 9.47 Å². The van der Waals surface area contributed by atoms with Crippen molar-refractivity contribution in [3.63, 3.8) is 0 Å². The number of ether oxygens (including phenoxy) is 3. The molecule has 2 aliphatic heterocycles. The number of carbonyl (C=O) groups is 4. The highest BCUT2D eigenvalue weighted by Gasteiger charge is 2.43. The van der Waals surface area contributed by atoms with E-state index in [0.29, 0.717) is 17.2 Å². The van der Waals surface area contributed by atoms with Crippen LogP contribution in [0.4, 0.5) is 8.78 Å². The third kappa shape index (κ3) is 4.63. The predicted molar refractivity (Wildman–Crippen MR) is 105 cm³/mol. The van der Waals surface area contributed by atoms with Gasteiger partial charge in [-0.05, 0) is 25.0 Å². The summed E-state index contributed by atoms with van der Waals surface area (Å²) in [6, 6.07) is 5.71. The van der Waals surface area contributed by atoms with Crippen LogP contribution in [-0.2, 0) is 23.8 Å². The van der Waals surface area contributed by atoms with Crippen molar-refractivity contribution >= 4 is 23.6 Å². The standard InChI is InChI=1S/C21H21F2N3O7/c1-2-21(22,23)33-13-7-11(8-13)16(27)24-25-17(28)20-31-9-12(10-32-20)26-18(29)14-5-3-4-6-15(14)19(26)30/h2-6,11-13,20H,1,7-10H2,(H,24,27)(H,25,28). The monoisotopic (exact) mass is 465 g/mol. The highest BCUT2D eigenvalue weighted by Crippen LogP contribution is 2.34. The Kier molecular flexibility index (Phi) is 6.23. The van der Waals surface area contributed by atoms with Crippen LogP contribution in [0.1, 0.15) is 33.6 Å². The number of hydrogen-bond donors (Lipinski definition) is 2. The van der Waals surface area contributed by atoms with Crippen LogP contribution in [0, 0.1) is 5.92 Å². The number of nitrogens with one attached hydrogen (secondary N) is 2. The Bertz CT molecular complexity index is 953. The SMILES string of the molecule is C=CC(F)(F)OC1CC(C(=O)NNC(=O)C2OCC(N3C(=O)c4ccccc4C3=O)CO2)C1. The minimum absolute atomic E-state index is 0.0729. The van der Waals surface area contributed by atoms with E-state index in [0.717, 1.165) is 4.90 Å². The molecule has 0 bridgehead atoms. The van der Waals surface area contributed by atoms with Gasteiger partial charge in [0.1, 0.15) is 0 Å². The third-order valence-electron chi connectivity index (χ3n) is 5.62. The predicted octanol–water partition coefficient (Wildman–Crippen LogP) is 0.746. The van der Waals surface area contributed by atoms with Crippen LogP contribution in [0.2, 0.25) is 0 Å². The molecule has 0 radical (unpaired) electrons. The Labute approximate surface area is 186 Å². The van der Waals surface area contributed by atoms with Crippen LogP contribution in [-0.4, -0.2) is 66.3 Å². The average molecular weight is 465 g/mol. The maximum absolute atomic E-state index is 13.1. The van der Waals surface area contributed by atoms with Crippen LogP contribution in [0.15, 0.2) is 36.9 Å². The number of benzene rings is 1. The van der Waals surface area contributed by atoms with E-state index in [9.17, 15) is 28.0 Å². The maximum atomic E-state index is 13.1. The van der Waals surface area contributed by atoms with Gasteiger partial charge in [0, 0.05) is 12.0 Å². The smallest absolute Gasteiger partial charge is 0.342 e. The summed E-state index contributed by atoms with van der Waals surface area (Å²) in [6.07, 6.45) is -5.08. The van der Waals surface area contributed by atoms with E-state index < -0.39 is 54.1 Å². The second-order valence-electron chi connectivity index (χ2n) is 7.83. The Balaban J connectivity index is 1.20. The van der Waals surface area contributed by atoms with Crippen LogP contribution < -0.4 is 10.9 Å². The van der Waals surface area contributed by atoms with Gasteiger partial charge in [-0.25, -0.2) is 0 Å². The largest absolute Gasteiger partial charge is 0.376 e. The zero-order valence-electron chi connectivity index (χ0n) is 17.3. The molecule has 12 heteroatoms. The summed E-state index contributed by atoms with van der Waals surface area (Å²) in [7, 11) is 0. The molecule has 0 unspecified atom stereocenters. The molecule has 10 nitrogen and oxygen atoms in total. The third-order valence-corrected chi connectivity index (χ3v) is 5.62. The molecule has 1 aromatic carbocycles. The number of hydrogen-bond acceptors (Lipinski definition) is 7. The Morgan fingerprint density at radius 2 is 1.61 bits per heavy atom. The lowest BCUT2D eigenvalue weighted by atomic mass is 9.82. The number of nitrogens with zero attached hydrogens (tertiary/aromatic N) is 1. The molecule has 0 aromatic heterocycles. The van der Waals surface area contributed by atoms with Crippen LogP contribution in [0.3, 0.4) is 0 Å². The van der Waals surface area contributed by atoms with Crippen molar-refractivity contribution in [1.29, 1.82) is 0 Å². The number of carbonyl (C=O) groups excluding carboxylic acids is 4. The Morgan fingerprint density at radius 1 is 1.06 bits per heavy atom. The average Bonchev–Trinajstić information content (AvgIpc) is 3.04. The highest BCUT2D eigenvalue weighted by molar-refractivity contribution is 6.21. The van der Waals surface area contributed by atoms with Gasteiger partial charge in [-0.2, -0.15) is 8.78 Å². The molecule has 33 heavy (non-hydrogen) atoms. The van der Waals surface area contributed by atoms with Gasteiger partial charge in [-0.3, -0.25) is 34.9 Å². The lowest BCUT2D eigenvalue weighted by molar-refractivity contribution is -0.247. The first-order chi connectivity index (χ1) is 15.7. The summed E-state index contributed by atoms with van der Waals surface area (Å²) in [6.45, 7) is 2.72. The highest BCUT2D eigenvalue weighted by atomic mass is 19.3. The number of alkyl halides is 2. The number of imide groups is 1. The van der Waals surface area contributed by atoms with Gasteiger partial charge < -0.3 is 14.2 Å². The van der Waals surface area contributed by atoms with Crippen molar-refractivity contribution in [1.82, 2.24) is 15.8 Å². The van der Waals surface area contributed by atoms with Crippen LogP contribution in [0.5, 0.6) is 0 Å². The molecule has 2 fully saturated rings. The van der Waals surface area contributed by atoms with Gasteiger partial charge in [0.15, 0.2) is 0 Å².